The van der Waals surface area contributed by atoms with Crippen LogP contribution in [0.25, 0.3) is 11.1 Å². The molecule has 0 saturated carbocycles. The molecule has 3 N–H and O–H groups in total. The maximum Gasteiger partial charge on any atom is 0.318 e. The van der Waals surface area contributed by atoms with Gasteiger partial charge in [-0.25, -0.2) is 4.79 Å². The minimum Gasteiger partial charge on any atom is -0.461 e. The van der Waals surface area contributed by atoms with Gasteiger partial charge < -0.3 is 20.7 Å². The van der Waals surface area contributed by atoms with Crippen LogP contribution in [0, 0.1) is 11.8 Å². The third kappa shape index (κ3) is 10.6. The van der Waals surface area contributed by atoms with Crippen LogP contribution in [-0.4, -0.2) is 41.9 Å². The lowest BCUT2D eigenvalue weighted by Crippen LogP contribution is -2.53. The van der Waals surface area contributed by atoms with Gasteiger partial charge in [0.05, 0.1) is 5.92 Å². The van der Waals surface area contributed by atoms with Crippen molar-refractivity contribution < 1.29 is 19.1 Å². The molecule has 0 spiro atoms. The van der Waals surface area contributed by atoms with Crippen molar-refractivity contribution in [2.75, 3.05) is 13.1 Å². The molecule has 4 aromatic carbocycles. The van der Waals surface area contributed by atoms with Crippen LogP contribution in [0.5, 0.6) is 0 Å². The number of hydrogen-bond acceptors (Lipinski definition) is 4. The summed E-state index contributed by atoms with van der Waals surface area (Å²) in [6.07, 6.45) is 1.42. The van der Waals surface area contributed by atoms with Crippen LogP contribution in [0.1, 0.15) is 37.0 Å². The molecular weight excluding hydrogens is 562 g/mol. The number of nitrogens with zero attached hydrogens (tertiary/aromatic N) is 1. The first-order chi connectivity index (χ1) is 21.8. The lowest BCUT2D eigenvalue weighted by atomic mass is 9.98. The van der Waals surface area contributed by atoms with E-state index in [1.807, 2.05) is 129 Å². The number of amides is 3. The quantitative estimate of drug-likeness (QED) is 0.153. The van der Waals surface area contributed by atoms with E-state index in [9.17, 15) is 14.4 Å². The topological polar surface area (TPSA) is 102 Å². The van der Waals surface area contributed by atoms with Gasteiger partial charge in [0.1, 0.15) is 12.6 Å². The van der Waals surface area contributed by atoms with E-state index in [0.717, 1.165) is 27.8 Å². The molecule has 0 heterocycles. The Labute approximate surface area is 266 Å². The largest absolute Gasteiger partial charge is 0.461 e. The fourth-order valence-electron chi connectivity index (χ4n) is 5.23. The summed E-state index contributed by atoms with van der Waals surface area (Å²) in [7, 11) is 0. The van der Waals surface area contributed by atoms with Crippen molar-refractivity contribution in [3.63, 3.8) is 0 Å². The summed E-state index contributed by atoms with van der Waals surface area (Å²) >= 11 is 0. The van der Waals surface area contributed by atoms with Crippen LogP contribution in [0.15, 0.2) is 115 Å². The molecule has 2 atom stereocenters. The number of urea groups is 1. The molecule has 234 valence electrons. The van der Waals surface area contributed by atoms with Gasteiger partial charge in [0.15, 0.2) is 0 Å². The van der Waals surface area contributed by atoms with Crippen molar-refractivity contribution in [3.8, 4) is 11.1 Å². The highest BCUT2D eigenvalue weighted by Crippen LogP contribution is 2.20. The third-order valence-corrected chi connectivity index (χ3v) is 7.64. The molecular formula is C38H43N3O4. The molecule has 1 unspecified atom stereocenters. The first-order valence-electron chi connectivity index (χ1n) is 15.5. The molecule has 0 bridgehead atoms. The first-order valence-corrected chi connectivity index (χ1v) is 15.5. The van der Waals surface area contributed by atoms with Crippen molar-refractivity contribution in [1.82, 2.24) is 10.2 Å². The lowest BCUT2D eigenvalue weighted by Gasteiger charge is -2.30. The van der Waals surface area contributed by atoms with Crippen LogP contribution in [0.4, 0.5) is 4.79 Å². The van der Waals surface area contributed by atoms with Gasteiger partial charge >= 0.3 is 12.0 Å². The van der Waals surface area contributed by atoms with E-state index in [0.29, 0.717) is 19.4 Å². The van der Waals surface area contributed by atoms with E-state index in [2.05, 4.69) is 5.32 Å². The van der Waals surface area contributed by atoms with E-state index in [-0.39, 0.29) is 31.5 Å². The van der Waals surface area contributed by atoms with Crippen molar-refractivity contribution in [1.29, 1.82) is 0 Å². The number of benzene rings is 4. The lowest BCUT2D eigenvalue weighted by molar-refractivity contribution is -0.150. The second kappa shape index (κ2) is 16.8. The minimum absolute atomic E-state index is 0.128. The molecule has 3 amide bonds. The zero-order chi connectivity index (χ0) is 32.0. The summed E-state index contributed by atoms with van der Waals surface area (Å²) in [6.45, 7) is 4.73. The van der Waals surface area contributed by atoms with Crippen LogP contribution in [0.3, 0.4) is 0 Å². The smallest absolute Gasteiger partial charge is 0.318 e. The van der Waals surface area contributed by atoms with Crippen LogP contribution in [0.2, 0.25) is 0 Å². The van der Waals surface area contributed by atoms with Gasteiger partial charge in [-0.05, 0) is 46.6 Å². The normalized spacial score (nSPS) is 12.2. The summed E-state index contributed by atoms with van der Waals surface area (Å²) in [5, 5.41) is 2.85. The van der Waals surface area contributed by atoms with Crippen molar-refractivity contribution in [3.05, 3.63) is 132 Å². The highest BCUT2D eigenvalue weighted by molar-refractivity contribution is 5.86. The Hall–Kier alpha value is -4.91. The maximum atomic E-state index is 13.7. The average Bonchev–Trinajstić information content (AvgIpc) is 3.06. The maximum absolute atomic E-state index is 13.7. The molecule has 0 radical (unpaired) electrons. The van der Waals surface area contributed by atoms with Crippen molar-refractivity contribution in [2.45, 2.75) is 45.8 Å². The summed E-state index contributed by atoms with van der Waals surface area (Å²) < 4.78 is 5.73. The number of ether oxygens (including phenoxy) is 1. The molecule has 0 saturated heterocycles. The second-order valence-corrected chi connectivity index (χ2v) is 11.8. The van der Waals surface area contributed by atoms with E-state index < -0.39 is 23.9 Å². The van der Waals surface area contributed by atoms with Crippen molar-refractivity contribution in [2.24, 2.45) is 17.6 Å². The highest BCUT2D eigenvalue weighted by Gasteiger charge is 2.29. The van der Waals surface area contributed by atoms with Gasteiger partial charge in [0, 0.05) is 19.5 Å². The monoisotopic (exact) mass is 605 g/mol. The molecule has 0 aliphatic heterocycles. The second-order valence-electron chi connectivity index (χ2n) is 11.8. The summed E-state index contributed by atoms with van der Waals surface area (Å²) in [6, 6.07) is 36.0. The third-order valence-electron chi connectivity index (χ3n) is 7.64. The SMILES string of the molecule is CC(C)CN(CC(CCc1ccccc1)C(=O)OCc1ccccc1)C(=O)N[C@@H](Cc1ccc(-c2ccccc2)cc1)C(N)=O. The van der Waals surface area contributed by atoms with E-state index >= 15 is 0 Å². The molecule has 0 aliphatic carbocycles. The predicted octanol–water partition coefficient (Wildman–Crippen LogP) is 6.41. The molecule has 7 nitrogen and oxygen atoms in total. The average molecular weight is 606 g/mol. The Bertz CT molecular complexity index is 1490. The summed E-state index contributed by atoms with van der Waals surface area (Å²) in [4.78, 5) is 41.2. The Morgan fingerprint density at radius 1 is 0.711 bits per heavy atom. The number of primary amides is 1. The minimum atomic E-state index is -0.914. The van der Waals surface area contributed by atoms with Gasteiger partial charge in [-0.1, -0.05) is 129 Å². The summed E-state index contributed by atoms with van der Waals surface area (Å²) in [5.41, 5.74) is 10.8. The van der Waals surface area contributed by atoms with Gasteiger partial charge in [-0.3, -0.25) is 9.59 Å². The predicted molar refractivity (Wildman–Crippen MR) is 178 cm³/mol. The Morgan fingerprint density at radius 2 is 1.27 bits per heavy atom. The molecule has 7 heteroatoms. The van der Waals surface area contributed by atoms with Crippen LogP contribution < -0.4 is 11.1 Å². The first kappa shape index (κ1) is 33.0. The van der Waals surface area contributed by atoms with E-state index in [1.54, 1.807) is 4.90 Å². The molecule has 0 aliphatic rings. The number of hydrogen-bond donors (Lipinski definition) is 2. The Morgan fingerprint density at radius 3 is 1.84 bits per heavy atom. The molecule has 4 aromatic rings. The number of nitrogens with two attached hydrogens (primary N) is 1. The van der Waals surface area contributed by atoms with Gasteiger partial charge in [-0.15, -0.1) is 0 Å². The molecule has 45 heavy (non-hydrogen) atoms. The van der Waals surface area contributed by atoms with Crippen LogP contribution >= 0.6 is 0 Å². The van der Waals surface area contributed by atoms with E-state index in [4.69, 9.17) is 10.5 Å². The zero-order valence-electron chi connectivity index (χ0n) is 26.1. The van der Waals surface area contributed by atoms with Gasteiger partial charge in [-0.2, -0.15) is 0 Å². The number of carbonyl (C=O) groups excluding carboxylic acids is 3. The number of rotatable bonds is 15. The molecule has 4 rings (SSSR count). The standard InChI is InChI=1S/C38H43N3O4/c1-28(2)25-41(26-34(23-18-29-12-6-3-7-13-29)37(43)45-27-31-14-8-4-9-15-31)38(44)40-35(36(39)42)24-30-19-21-33(22-20-30)32-16-10-5-11-17-32/h3-17,19-22,28,34-35H,18,23-27H2,1-2H3,(H2,39,42)(H,40,44)/t34?,35-/m0/s1. The fraction of sp³-hybridized carbons (Fsp3) is 0.289. The Kier molecular flexibility index (Phi) is 12.3. The van der Waals surface area contributed by atoms with Gasteiger partial charge in [0.25, 0.3) is 0 Å². The Balaban J connectivity index is 1.46. The molecule has 0 aromatic heterocycles. The highest BCUT2D eigenvalue weighted by atomic mass is 16.5. The number of carbonyl (C=O) groups is 3. The number of nitrogens with one attached hydrogen (secondary N) is 1. The van der Waals surface area contributed by atoms with E-state index in [1.165, 1.54) is 0 Å². The summed E-state index contributed by atoms with van der Waals surface area (Å²) in [5.74, 6) is -1.41. The van der Waals surface area contributed by atoms with Crippen LogP contribution in [-0.2, 0) is 33.8 Å². The van der Waals surface area contributed by atoms with Gasteiger partial charge in [0.2, 0.25) is 5.91 Å². The van der Waals surface area contributed by atoms with Crippen molar-refractivity contribution >= 4 is 17.9 Å². The number of esters is 1. The molecule has 0 fully saturated rings. The fourth-order valence-corrected chi connectivity index (χ4v) is 5.23. The number of aryl methyl sites for hydroxylation is 1. The zero-order valence-corrected chi connectivity index (χ0v) is 26.1.